The summed E-state index contributed by atoms with van der Waals surface area (Å²) in [6.07, 6.45) is 12.1. The third kappa shape index (κ3) is 8.28. The fourth-order valence-electron chi connectivity index (χ4n) is 13.0. The molecular weight excluding hydrogens is 891 g/mol. The van der Waals surface area contributed by atoms with E-state index in [9.17, 15) is 0 Å². The van der Waals surface area contributed by atoms with Crippen LogP contribution >= 0.6 is 0 Å². The molecule has 0 unspecified atom stereocenters. The van der Waals surface area contributed by atoms with Gasteiger partial charge in [0.25, 0.3) is 0 Å². The molecule has 0 saturated carbocycles. The van der Waals surface area contributed by atoms with E-state index < -0.39 is 0 Å². The first-order valence-corrected chi connectivity index (χ1v) is 27.6. The van der Waals surface area contributed by atoms with E-state index in [1.54, 1.807) is 0 Å². The Morgan fingerprint density at radius 3 is 1.28 bits per heavy atom. The number of rotatable bonds is 16. The minimum Gasteiger partial charge on any atom is -0.309 e. The van der Waals surface area contributed by atoms with Gasteiger partial charge in [0.15, 0.2) is 0 Å². The second-order valence-electron chi connectivity index (χ2n) is 21.2. The van der Waals surface area contributed by atoms with Gasteiger partial charge in [-0.15, -0.1) is 0 Å². The molecule has 0 spiro atoms. The zero-order valence-corrected chi connectivity index (χ0v) is 43.7. The smallest absolute Gasteiger partial charge is 0.0540 e. The summed E-state index contributed by atoms with van der Waals surface area (Å²) in [5.41, 5.74) is 19.5. The highest BCUT2D eigenvalue weighted by Gasteiger charge is 2.43. The Kier molecular flexibility index (Phi) is 13.0. The number of anilines is 3. The molecule has 12 rings (SSSR count). The molecule has 0 bridgehead atoms. The van der Waals surface area contributed by atoms with Crippen LogP contribution in [0.25, 0.3) is 87.6 Å². The predicted octanol–water partition coefficient (Wildman–Crippen LogP) is 21.6. The van der Waals surface area contributed by atoms with Crippen LogP contribution in [0.5, 0.6) is 0 Å². The van der Waals surface area contributed by atoms with Gasteiger partial charge in [-0.05, 0) is 162 Å². The van der Waals surface area contributed by atoms with Crippen LogP contribution in [0.3, 0.4) is 0 Å². The summed E-state index contributed by atoms with van der Waals surface area (Å²) in [5, 5.41) is 10.3. The molecule has 0 radical (unpaired) electrons. The van der Waals surface area contributed by atoms with Crippen LogP contribution in [0.1, 0.15) is 100 Å². The van der Waals surface area contributed by atoms with Gasteiger partial charge in [-0.25, -0.2) is 0 Å². The van der Waals surface area contributed by atoms with Gasteiger partial charge in [0, 0.05) is 21.9 Å². The van der Waals surface area contributed by atoms with Crippen molar-refractivity contribution >= 4 is 60.2 Å². The van der Waals surface area contributed by atoms with Gasteiger partial charge < -0.3 is 4.90 Å². The predicted molar refractivity (Wildman–Crippen MR) is 321 cm³/mol. The van der Waals surface area contributed by atoms with E-state index in [1.165, 1.54) is 178 Å². The van der Waals surface area contributed by atoms with Crippen molar-refractivity contribution in [3.63, 3.8) is 0 Å². The molecule has 0 aliphatic heterocycles. The third-order valence-electron chi connectivity index (χ3n) is 16.7. The summed E-state index contributed by atoms with van der Waals surface area (Å²) in [6, 6.07) is 80.9. The highest BCUT2D eigenvalue weighted by Crippen LogP contribution is 2.58. The van der Waals surface area contributed by atoms with Gasteiger partial charge >= 0.3 is 0 Å². The van der Waals surface area contributed by atoms with Gasteiger partial charge in [0.05, 0.1) is 11.4 Å². The molecular formula is C73H67N. The van der Waals surface area contributed by atoms with Gasteiger partial charge in [0.2, 0.25) is 0 Å². The molecule has 1 nitrogen and oxygen atoms in total. The molecule has 11 aromatic rings. The van der Waals surface area contributed by atoms with Gasteiger partial charge in [-0.2, -0.15) is 0 Å². The Balaban J connectivity index is 1.08. The Morgan fingerprint density at radius 1 is 0.324 bits per heavy atom. The second-order valence-corrected chi connectivity index (χ2v) is 21.2. The molecule has 0 saturated heterocycles. The van der Waals surface area contributed by atoms with Crippen LogP contribution in [0.15, 0.2) is 212 Å². The molecule has 0 fully saturated rings. The molecule has 74 heavy (non-hydrogen) atoms. The minimum absolute atomic E-state index is 0.155. The molecule has 11 aromatic carbocycles. The monoisotopic (exact) mass is 958 g/mol. The first kappa shape index (κ1) is 47.3. The van der Waals surface area contributed by atoms with E-state index in [-0.39, 0.29) is 5.41 Å². The molecule has 364 valence electrons. The minimum atomic E-state index is -0.155. The maximum absolute atomic E-state index is 2.66. The Bertz CT molecular complexity index is 3700. The summed E-state index contributed by atoms with van der Waals surface area (Å²) in [6.45, 7) is 9.18. The molecule has 0 aromatic heterocycles. The maximum Gasteiger partial charge on any atom is 0.0540 e. The van der Waals surface area contributed by atoms with Crippen LogP contribution in [0.4, 0.5) is 17.1 Å². The number of unbranched alkanes of at least 4 members (excludes halogenated alkanes) is 6. The lowest BCUT2D eigenvalue weighted by molar-refractivity contribution is 0.401. The van der Waals surface area contributed by atoms with Crippen LogP contribution < -0.4 is 4.90 Å². The number of hydrogen-bond acceptors (Lipinski definition) is 1. The van der Waals surface area contributed by atoms with Crippen molar-refractivity contribution in [3.05, 3.63) is 235 Å². The second kappa shape index (κ2) is 20.3. The number of aryl methyl sites for hydroxylation is 2. The highest BCUT2D eigenvalue weighted by atomic mass is 15.1. The average molecular weight is 958 g/mol. The largest absolute Gasteiger partial charge is 0.309 e. The Labute approximate surface area is 439 Å². The van der Waals surface area contributed by atoms with Crippen molar-refractivity contribution in [1.82, 2.24) is 0 Å². The average Bonchev–Trinajstić information content (AvgIpc) is 3.72. The maximum atomic E-state index is 2.66. The molecule has 0 amide bonds. The number of benzene rings is 11. The summed E-state index contributed by atoms with van der Waals surface area (Å²) in [4.78, 5) is 2.59. The normalized spacial score (nSPS) is 12.7. The lowest BCUT2D eigenvalue weighted by Gasteiger charge is -2.35. The summed E-state index contributed by atoms with van der Waals surface area (Å²) >= 11 is 0. The SMILES string of the molecule is CCCCCCC1(CCCCCC)c2cc(-c3c4ccccc4c(-c4cccc(-c5ccccc5)c4)c4ccccc34)ccc2-c2ccc(N(c3ccc(C)c4ccccc34)c3ccc(C)c4ccccc34)cc21. The summed E-state index contributed by atoms with van der Waals surface area (Å²) in [5.74, 6) is 0. The summed E-state index contributed by atoms with van der Waals surface area (Å²) in [7, 11) is 0. The van der Waals surface area contributed by atoms with Crippen LogP contribution in [0.2, 0.25) is 0 Å². The number of hydrogen-bond donors (Lipinski definition) is 0. The lowest BCUT2D eigenvalue weighted by atomic mass is 9.70. The fraction of sp³-hybridized carbons (Fsp3) is 0.205. The van der Waals surface area contributed by atoms with E-state index in [1.807, 2.05) is 0 Å². The zero-order valence-electron chi connectivity index (χ0n) is 43.7. The Morgan fingerprint density at radius 2 is 0.757 bits per heavy atom. The van der Waals surface area contributed by atoms with Crippen molar-refractivity contribution in [2.45, 2.75) is 97.3 Å². The summed E-state index contributed by atoms with van der Waals surface area (Å²) < 4.78 is 0. The Hall–Kier alpha value is -7.74. The first-order valence-electron chi connectivity index (χ1n) is 27.6. The van der Waals surface area contributed by atoms with Crippen molar-refractivity contribution in [2.24, 2.45) is 0 Å². The number of fused-ring (bicyclic) bond motifs is 7. The standard InChI is InChI=1S/C73H67N/c1-5-7-9-22-45-73(46-23-10-8-6-2)67-48-55(72-65-35-20-18-33-63(65)71(64-34-19-21-36-66(64)72)54-28-24-27-53(47-54)52-25-12-11-13-26-52)39-41-59(67)60-42-40-56(49-68(60)73)74(69-43-37-50(3)57-29-14-16-31-61(57)69)70-44-38-51(4)58-30-15-17-32-62(58)70/h11-21,24-44,47-49H,5-10,22-23,45-46H2,1-4H3. The van der Waals surface area contributed by atoms with Gasteiger partial charge in [0.1, 0.15) is 0 Å². The van der Waals surface area contributed by atoms with Crippen LogP contribution in [-0.4, -0.2) is 0 Å². The van der Waals surface area contributed by atoms with Crippen LogP contribution in [0, 0.1) is 13.8 Å². The molecule has 0 N–H and O–H groups in total. The van der Waals surface area contributed by atoms with E-state index in [0.29, 0.717) is 0 Å². The van der Waals surface area contributed by atoms with Gasteiger partial charge in [-0.3, -0.25) is 0 Å². The molecule has 1 aliphatic rings. The van der Waals surface area contributed by atoms with Crippen molar-refractivity contribution in [2.75, 3.05) is 4.90 Å². The topological polar surface area (TPSA) is 3.24 Å². The van der Waals surface area contributed by atoms with E-state index in [0.717, 1.165) is 12.8 Å². The van der Waals surface area contributed by atoms with Gasteiger partial charge in [-0.1, -0.05) is 241 Å². The van der Waals surface area contributed by atoms with E-state index >= 15 is 0 Å². The highest BCUT2D eigenvalue weighted by molar-refractivity contribution is 6.21. The fourth-order valence-corrected chi connectivity index (χ4v) is 13.0. The molecule has 1 heteroatoms. The van der Waals surface area contributed by atoms with Crippen molar-refractivity contribution in [1.29, 1.82) is 0 Å². The molecule has 0 heterocycles. The van der Waals surface area contributed by atoms with E-state index in [4.69, 9.17) is 0 Å². The molecule has 1 aliphatic carbocycles. The molecule has 0 atom stereocenters. The first-order chi connectivity index (χ1) is 36.5. The van der Waals surface area contributed by atoms with Crippen molar-refractivity contribution < 1.29 is 0 Å². The number of nitrogens with zero attached hydrogens (tertiary/aromatic N) is 1. The quantitative estimate of drug-likeness (QED) is 0.0689. The van der Waals surface area contributed by atoms with Crippen molar-refractivity contribution in [3.8, 4) is 44.5 Å². The lowest BCUT2D eigenvalue weighted by Crippen LogP contribution is -2.26. The third-order valence-corrected chi connectivity index (χ3v) is 16.7. The van der Waals surface area contributed by atoms with Crippen LogP contribution in [-0.2, 0) is 5.41 Å². The van der Waals surface area contributed by atoms with E-state index in [2.05, 4.69) is 245 Å². The zero-order chi connectivity index (χ0) is 50.2.